The van der Waals surface area contributed by atoms with Crippen LogP contribution in [0, 0.1) is 13.8 Å². The lowest BCUT2D eigenvalue weighted by Gasteiger charge is -2.08. The smallest absolute Gasteiger partial charge is 0.349 e. The highest BCUT2D eigenvalue weighted by Crippen LogP contribution is 2.21. The van der Waals surface area contributed by atoms with Crippen LogP contribution in [0.25, 0.3) is 11.0 Å². The molecule has 2 aromatic carbocycles. The summed E-state index contributed by atoms with van der Waals surface area (Å²) in [6, 6.07) is 12.4. The number of fused-ring (bicyclic) bond motifs is 1. The van der Waals surface area contributed by atoms with Crippen LogP contribution < -0.4 is 15.7 Å². The molecule has 0 bridgehead atoms. The van der Waals surface area contributed by atoms with Gasteiger partial charge in [0.1, 0.15) is 16.9 Å². The Hall–Kier alpha value is -3.08. The van der Waals surface area contributed by atoms with Crippen LogP contribution in [0.5, 0.6) is 5.75 Å². The van der Waals surface area contributed by atoms with Crippen LogP contribution in [-0.4, -0.2) is 12.5 Å². The van der Waals surface area contributed by atoms with Gasteiger partial charge in [0.15, 0.2) is 0 Å². The van der Waals surface area contributed by atoms with Gasteiger partial charge in [0.05, 0.1) is 6.61 Å². The van der Waals surface area contributed by atoms with Gasteiger partial charge in [-0.05, 0) is 61.7 Å². The zero-order valence-electron chi connectivity index (χ0n) is 15.1. The number of hydrogen-bond donors (Lipinski definition) is 1. The lowest BCUT2D eigenvalue weighted by Crippen LogP contribution is -2.20. The second-order valence-corrected chi connectivity index (χ2v) is 6.25. The largest absolute Gasteiger partial charge is 0.493 e. The molecule has 5 nitrogen and oxygen atoms in total. The number of amides is 1. The van der Waals surface area contributed by atoms with Crippen LogP contribution in [0.3, 0.4) is 0 Å². The number of rotatable bonds is 5. The molecule has 134 valence electrons. The van der Waals surface area contributed by atoms with Crippen LogP contribution in [-0.2, 0) is 0 Å². The van der Waals surface area contributed by atoms with Crippen molar-refractivity contribution in [1.29, 1.82) is 0 Å². The Morgan fingerprint density at radius 1 is 1.08 bits per heavy atom. The molecule has 0 radical (unpaired) electrons. The zero-order valence-corrected chi connectivity index (χ0v) is 15.1. The number of carbonyl (C=O) groups excluding carboxylic acids is 1. The fourth-order valence-electron chi connectivity index (χ4n) is 2.58. The quantitative estimate of drug-likeness (QED) is 0.690. The van der Waals surface area contributed by atoms with Crippen molar-refractivity contribution in [2.45, 2.75) is 27.2 Å². The third-order valence-corrected chi connectivity index (χ3v) is 4.19. The summed E-state index contributed by atoms with van der Waals surface area (Å²) in [6.07, 6.45) is 0.888. The minimum atomic E-state index is -0.675. The van der Waals surface area contributed by atoms with Gasteiger partial charge in [-0.3, -0.25) is 4.79 Å². The summed E-state index contributed by atoms with van der Waals surface area (Å²) in [5.41, 5.74) is 2.53. The molecule has 1 heterocycles. The highest BCUT2D eigenvalue weighted by molar-refractivity contribution is 6.05. The normalized spacial score (nSPS) is 10.7. The Kier molecular flexibility index (Phi) is 5.07. The molecule has 0 spiro atoms. The first-order chi connectivity index (χ1) is 12.5. The predicted octanol–water partition coefficient (Wildman–Crippen LogP) is 4.45. The molecule has 0 aliphatic heterocycles. The van der Waals surface area contributed by atoms with Crippen LogP contribution in [0.1, 0.15) is 34.8 Å². The van der Waals surface area contributed by atoms with E-state index in [4.69, 9.17) is 9.15 Å². The Bertz CT molecular complexity index is 1020. The number of anilines is 1. The van der Waals surface area contributed by atoms with Gasteiger partial charge in [0.2, 0.25) is 0 Å². The van der Waals surface area contributed by atoms with Crippen LogP contribution in [0.2, 0.25) is 0 Å². The number of carbonyl (C=O) groups is 1. The molecule has 0 saturated carbocycles. The average Bonchev–Trinajstić information content (AvgIpc) is 2.62. The van der Waals surface area contributed by atoms with Gasteiger partial charge < -0.3 is 14.5 Å². The van der Waals surface area contributed by atoms with E-state index in [-0.39, 0.29) is 5.56 Å². The van der Waals surface area contributed by atoms with E-state index in [2.05, 4.69) is 5.32 Å². The summed E-state index contributed by atoms with van der Waals surface area (Å²) < 4.78 is 10.9. The standard InChI is InChI=1S/C21H21NO4/c1-4-9-25-17-8-6-15-11-18(21(24)26-19(15)12-17)20(23)22-16-7-5-13(2)14(3)10-16/h5-8,10-12H,4,9H2,1-3H3,(H,22,23). The summed E-state index contributed by atoms with van der Waals surface area (Å²) in [7, 11) is 0. The third kappa shape index (κ3) is 3.77. The molecule has 5 heteroatoms. The van der Waals surface area contributed by atoms with E-state index >= 15 is 0 Å². The lowest BCUT2D eigenvalue weighted by molar-refractivity contribution is 0.102. The summed E-state index contributed by atoms with van der Waals surface area (Å²) in [6.45, 7) is 6.57. The third-order valence-electron chi connectivity index (χ3n) is 4.19. The van der Waals surface area contributed by atoms with Gasteiger partial charge in [-0.25, -0.2) is 4.79 Å². The fourth-order valence-corrected chi connectivity index (χ4v) is 2.58. The van der Waals surface area contributed by atoms with E-state index in [9.17, 15) is 9.59 Å². The van der Waals surface area contributed by atoms with Gasteiger partial charge in [-0.15, -0.1) is 0 Å². The van der Waals surface area contributed by atoms with E-state index in [1.807, 2.05) is 32.9 Å². The topological polar surface area (TPSA) is 68.5 Å². The summed E-state index contributed by atoms with van der Waals surface area (Å²) in [4.78, 5) is 24.7. The van der Waals surface area contributed by atoms with Crippen molar-refractivity contribution >= 4 is 22.6 Å². The Morgan fingerprint density at radius 2 is 1.88 bits per heavy atom. The highest BCUT2D eigenvalue weighted by Gasteiger charge is 2.14. The van der Waals surface area contributed by atoms with Crippen molar-refractivity contribution in [3.05, 3.63) is 69.6 Å². The van der Waals surface area contributed by atoms with E-state index in [0.29, 0.717) is 29.0 Å². The van der Waals surface area contributed by atoms with E-state index < -0.39 is 11.5 Å². The van der Waals surface area contributed by atoms with Crippen molar-refractivity contribution in [3.63, 3.8) is 0 Å². The van der Waals surface area contributed by atoms with E-state index in [1.54, 1.807) is 30.3 Å². The number of hydrogen-bond acceptors (Lipinski definition) is 4. The molecule has 0 saturated heterocycles. The minimum Gasteiger partial charge on any atom is -0.493 e. The Balaban J connectivity index is 1.89. The van der Waals surface area contributed by atoms with Crippen LogP contribution in [0.15, 0.2) is 51.7 Å². The number of benzene rings is 2. The van der Waals surface area contributed by atoms with Gasteiger partial charge >= 0.3 is 5.63 Å². The first kappa shape index (κ1) is 17.7. The first-order valence-electron chi connectivity index (χ1n) is 8.57. The fraction of sp³-hybridized carbons (Fsp3) is 0.238. The molecule has 1 amide bonds. The minimum absolute atomic E-state index is 0.0297. The van der Waals surface area contributed by atoms with Crippen molar-refractivity contribution in [2.75, 3.05) is 11.9 Å². The molecule has 0 aliphatic rings. The van der Waals surface area contributed by atoms with Crippen LogP contribution in [0.4, 0.5) is 5.69 Å². The molecule has 1 N–H and O–H groups in total. The molecular formula is C21H21NO4. The molecule has 3 rings (SSSR count). The Labute approximate surface area is 151 Å². The number of ether oxygens (including phenoxy) is 1. The molecular weight excluding hydrogens is 330 g/mol. The molecule has 26 heavy (non-hydrogen) atoms. The average molecular weight is 351 g/mol. The van der Waals surface area contributed by atoms with Gasteiger partial charge in [0.25, 0.3) is 5.91 Å². The first-order valence-corrected chi connectivity index (χ1v) is 8.57. The second-order valence-electron chi connectivity index (χ2n) is 6.25. The van der Waals surface area contributed by atoms with E-state index in [0.717, 1.165) is 17.5 Å². The van der Waals surface area contributed by atoms with E-state index in [1.165, 1.54) is 0 Å². The Morgan fingerprint density at radius 3 is 2.62 bits per heavy atom. The summed E-state index contributed by atoms with van der Waals surface area (Å²) >= 11 is 0. The molecule has 0 unspecified atom stereocenters. The van der Waals surface area contributed by atoms with Crippen LogP contribution >= 0.6 is 0 Å². The maximum atomic E-state index is 12.5. The second kappa shape index (κ2) is 7.44. The molecule has 0 fully saturated rings. The maximum Gasteiger partial charge on any atom is 0.349 e. The molecule has 0 atom stereocenters. The number of nitrogens with one attached hydrogen (secondary N) is 1. The van der Waals surface area contributed by atoms with Crippen molar-refractivity contribution < 1.29 is 13.9 Å². The van der Waals surface area contributed by atoms with Crippen molar-refractivity contribution in [3.8, 4) is 5.75 Å². The summed E-state index contributed by atoms with van der Waals surface area (Å²) in [5.74, 6) is 0.144. The lowest BCUT2D eigenvalue weighted by atomic mass is 10.1. The van der Waals surface area contributed by atoms with Crippen molar-refractivity contribution in [1.82, 2.24) is 0 Å². The molecule has 3 aromatic rings. The SMILES string of the molecule is CCCOc1ccc2cc(C(=O)Nc3ccc(C)c(C)c3)c(=O)oc2c1. The van der Waals surface area contributed by atoms with Crippen molar-refractivity contribution in [2.24, 2.45) is 0 Å². The molecule has 1 aromatic heterocycles. The van der Waals surface area contributed by atoms with Gasteiger partial charge in [0, 0.05) is 17.1 Å². The molecule has 0 aliphatic carbocycles. The number of aryl methyl sites for hydroxylation is 2. The van der Waals surface area contributed by atoms with Gasteiger partial charge in [-0.1, -0.05) is 13.0 Å². The zero-order chi connectivity index (χ0) is 18.7. The van der Waals surface area contributed by atoms with Gasteiger partial charge in [-0.2, -0.15) is 0 Å². The monoisotopic (exact) mass is 351 g/mol. The maximum absolute atomic E-state index is 12.5. The summed E-state index contributed by atoms with van der Waals surface area (Å²) in [5, 5.41) is 3.41. The highest BCUT2D eigenvalue weighted by atomic mass is 16.5. The predicted molar refractivity (Wildman–Crippen MR) is 102 cm³/mol.